The van der Waals surface area contributed by atoms with Gasteiger partial charge in [-0.2, -0.15) is 0 Å². The lowest BCUT2D eigenvalue weighted by Crippen LogP contribution is -2.64. The first-order valence-electron chi connectivity index (χ1n) is 5.47. The zero-order valence-corrected chi connectivity index (χ0v) is 9.54. The minimum atomic E-state index is -1.34. The van der Waals surface area contributed by atoms with Gasteiger partial charge in [-0.15, -0.1) is 0 Å². The highest BCUT2D eigenvalue weighted by molar-refractivity contribution is 6.20. The second kappa shape index (κ2) is 3.87. The first-order chi connectivity index (χ1) is 9.08. The van der Waals surface area contributed by atoms with Crippen LogP contribution in [-0.4, -0.2) is 39.7 Å². The van der Waals surface area contributed by atoms with Gasteiger partial charge >= 0.3 is 6.03 Å². The molecule has 0 aliphatic carbocycles. The molecule has 0 saturated carbocycles. The van der Waals surface area contributed by atoms with E-state index in [0.717, 1.165) is 4.90 Å². The molecule has 0 bridgehead atoms. The molecular weight excluding hydrogens is 252 g/mol. The fourth-order valence-electron chi connectivity index (χ4n) is 2.17. The number of barbiturate groups is 1. The summed E-state index contributed by atoms with van der Waals surface area (Å²) in [5, 5.41) is 3.93. The molecule has 8 heteroatoms. The second-order valence-corrected chi connectivity index (χ2v) is 4.18. The van der Waals surface area contributed by atoms with Crippen LogP contribution in [0.1, 0.15) is 15.9 Å². The molecule has 5 amide bonds. The van der Waals surface area contributed by atoms with Crippen LogP contribution in [0.4, 0.5) is 4.79 Å². The molecule has 2 aliphatic heterocycles. The molecule has 2 aliphatic rings. The van der Waals surface area contributed by atoms with Gasteiger partial charge in [0.25, 0.3) is 17.7 Å². The molecule has 0 unspecified atom stereocenters. The standard InChI is InChI=1S/C11H8N4O4/c16-8-7(9(17)14-11(19)13-8)15-4-5-1-2-12-3-6(5)10(15)18/h1-3,7H,4H2,(H2,13,14,16,17,19). The quantitative estimate of drug-likeness (QED) is 0.615. The Bertz CT molecular complexity index is 607. The molecule has 8 nitrogen and oxygen atoms in total. The third-order valence-corrected chi connectivity index (χ3v) is 3.03. The molecule has 0 atom stereocenters. The van der Waals surface area contributed by atoms with Crippen molar-refractivity contribution in [2.24, 2.45) is 0 Å². The number of hydrogen-bond acceptors (Lipinski definition) is 5. The van der Waals surface area contributed by atoms with E-state index in [2.05, 4.69) is 4.98 Å². The number of rotatable bonds is 1. The Morgan fingerprint density at radius 1 is 1.16 bits per heavy atom. The number of nitrogens with one attached hydrogen (secondary N) is 2. The fraction of sp³-hybridized carbons (Fsp3) is 0.182. The summed E-state index contributed by atoms with van der Waals surface area (Å²) in [4.78, 5) is 51.4. The Kier molecular flexibility index (Phi) is 2.31. The van der Waals surface area contributed by atoms with Crippen molar-refractivity contribution in [3.8, 4) is 0 Å². The number of carbonyl (C=O) groups excluding carboxylic acids is 4. The number of fused-ring (bicyclic) bond motifs is 1. The van der Waals surface area contributed by atoms with Crippen molar-refractivity contribution in [2.45, 2.75) is 12.6 Å². The summed E-state index contributed by atoms with van der Waals surface area (Å²) in [7, 11) is 0. The van der Waals surface area contributed by atoms with Gasteiger partial charge in [-0.05, 0) is 11.6 Å². The lowest BCUT2D eigenvalue weighted by molar-refractivity contribution is -0.136. The van der Waals surface area contributed by atoms with Crippen LogP contribution in [-0.2, 0) is 16.1 Å². The first-order valence-corrected chi connectivity index (χ1v) is 5.47. The maximum absolute atomic E-state index is 12.1. The number of imide groups is 2. The summed E-state index contributed by atoms with van der Waals surface area (Å²) in [6, 6.07) is -0.563. The fourth-order valence-corrected chi connectivity index (χ4v) is 2.17. The lowest BCUT2D eigenvalue weighted by atomic mass is 10.2. The van der Waals surface area contributed by atoms with Gasteiger partial charge in [-0.1, -0.05) is 0 Å². The second-order valence-electron chi connectivity index (χ2n) is 4.18. The Hall–Kier alpha value is -2.77. The number of hydrogen-bond donors (Lipinski definition) is 2. The van der Waals surface area contributed by atoms with E-state index in [4.69, 9.17) is 0 Å². The molecule has 1 saturated heterocycles. The van der Waals surface area contributed by atoms with Crippen molar-refractivity contribution in [3.05, 3.63) is 29.6 Å². The largest absolute Gasteiger partial charge is 0.328 e. The van der Waals surface area contributed by atoms with E-state index in [1.807, 2.05) is 10.6 Å². The van der Waals surface area contributed by atoms with Gasteiger partial charge in [0, 0.05) is 18.9 Å². The Morgan fingerprint density at radius 2 is 1.84 bits per heavy atom. The third kappa shape index (κ3) is 1.65. The highest BCUT2D eigenvalue weighted by Gasteiger charge is 2.44. The summed E-state index contributed by atoms with van der Waals surface area (Å²) in [6.07, 6.45) is 2.92. The molecule has 19 heavy (non-hydrogen) atoms. The number of nitrogens with zero attached hydrogens (tertiary/aromatic N) is 2. The van der Waals surface area contributed by atoms with Gasteiger partial charge in [0.05, 0.1) is 5.56 Å². The maximum Gasteiger partial charge on any atom is 0.328 e. The van der Waals surface area contributed by atoms with Crippen LogP contribution >= 0.6 is 0 Å². The van der Waals surface area contributed by atoms with E-state index < -0.39 is 29.8 Å². The summed E-state index contributed by atoms with van der Waals surface area (Å²) in [5.74, 6) is -2.06. The Labute approximate surface area is 106 Å². The van der Waals surface area contributed by atoms with Crippen LogP contribution in [0.5, 0.6) is 0 Å². The van der Waals surface area contributed by atoms with E-state index >= 15 is 0 Å². The van der Waals surface area contributed by atoms with Crippen LogP contribution in [0.25, 0.3) is 0 Å². The van der Waals surface area contributed by atoms with Crippen LogP contribution in [0.15, 0.2) is 18.5 Å². The summed E-state index contributed by atoms with van der Waals surface area (Å²) in [5.41, 5.74) is 1.05. The monoisotopic (exact) mass is 260 g/mol. The lowest BCUT2D eigenvalue weighted by Gasteiger charge is -2.28. The van der Waals surface area contributed by atoms with E-state index in [1.165, 1.54) is 12.4 Å². The minimum Gasteiger partial charge on any atom is -0.314 e. The highest BCUT2D eigenvalue weighted by atomic mass is 16.2. The first kappa shape index (κ1) is 11.3. The molecule has 2 N–H and O–H groups in total. The van der Waals surface area contributed by atoms with Gasteiger partial charge in [0.2, 0.25) is 0 Å². The molecule has 1 fully saturated rings. The molecule has 0 aromatic carbocycles. The average Bonchev–Trinajstić information content (AvgIpc) is 2.66. The number of carbonyl (C=O) groups is 4. The van der Waals surface area contributed by atoms with Gasteiger partial charge in [0.15, 0.2) is 6.04 Å². The van der Waals surface area contributed by atoms with Crippen molar-refractivity contribution in [3.63, 3.8) is 0 Å². The van der Waals surface area contributed by atoms with Gasteiger partial charge in [-0.3, -0.25) is 30.0 Å². The molecule has 0 radical (unpaired) electrons. The summed E-state index contributed by atoms with van der Waals surface area (Å²) in [6.45, 7) is 0.135. The van der Waals surface area contributed by atoms with Gasteiger partial charge in [-0.25, -0.2) is 4.79 Å². The Balaban J connectivity index is 1.93. The van der Waals surface area contributed by atoms with Crippen LogP contribution in [0.2, 0.25) is 0 Å². The van der Waals surface area contributed by atoms with Crippen molar-refractivity contribution in [1.82, 2.24) is 20.5 Å². The van der Waals surface area contributed by atoms with Crippen molar-refractivity contribution in [1.29, 1.82) is 0 Å². The van der Waals surface area contributed by atoms with E-state index in [1.54, 1.807) is 6.07 Å². The molecule has 1 aromatic rings. The number of pyridine rings is 1. The van der Waals surface area contributed by atoms with Gasteiger partial charge < -0.3 is 4.90 Å². The van der Waals surface area contributed by atoms with Crippen molar-refractivity contribution in [2.75, 3.05) is 0 Å². The van der Waals surface area contributed by atoms with Crippen molar-refractivity contribution >= 4 is 23.8 Å². The van der Waals surface area contributed by atoms with E-state index in [-0.39, 0.29) is 6.54 Å². The third-order valence-electron chi connectivity index (χ3n) is 3.03. The molecular formula is C11H8N4O4. The highest BCUT2D eigenvalue weighted by Crippen LogP contribution is 2.24. The number of amides is 5. The van der Waals surface area contributed by atoms with Gasteiger partial charge in [0.1, 0.15) is 0 Å². The number of urea groups is 1. The molecule has 3 rings (SSSR count). The topological polar surface area (TPSA) is 108 Å². The Morgan fingerprint density at radius 3 is 2.47 bits per heavy atom. The predicted molar refractivity (Wildman–Crippen MR) is 59.6 cm³/mol. The molecule has 0 spiro atoms. The van der Waals surface area contributed by atoms with Crippen LogP contribution in [0, 0.1) is 0 Å². The maximum atomic E-state index is 12.1. The smallest absolute Gasteiger partial charge is 0.314 e. The average molecular weight is 260 g/mol. The summed E-state index contributed by atoms with van der Waals surface area (Å²) < 4.78 is 0. The van der Waals surface area contributed by atoms with E-state index in [9.17, 15) is 19.2 Å². The van der Waals surface area contributed by atoms with E-state index in [0.29, 0.717) is 11.1 Å². The molecule has 3 heterocycles. The minimum absolute atomic E-state index is 0.135. The predicted octanol–water partition coefficient (Wildman–Crippen LogP) is -1.23. The normalized spacial score (nSPS) is 19.3. The van der Waals surface area contributed by atoms with Crippen LogP contribution in [0.3, 0.4) is 0 Å². The summed E-state index contributed by atoms with van der Waals surface area (Å²) >= 11 is 0. The molecule has 96 valence electrons. The van der Waals surface area contributed by atoms with Crippen LogP contribution < -0.4 is 10.6 Å². The number of aromatic nitrogens is 1. The SMILES string of the molecule is O=C1NC(=O)C(N2Cc3ccncc3C2=O)C(=O)N1. The zero-order valence-electron chi connectivity index (χ0n) is 9.54. The van der Waals surface area contributed by atoms with Crippen molar-refractivity contribution < 1.29 is 19.2 Å². The molecule has 1 aromatic heterocycles. The zero-order chi connectivity index (χ0) is 13.6.